The normalized spacial score (nSPS) is 10.5. The number of nitriles is 1. The molecule has 0 saturated heterocycles. The van der Waals surface area contributed by atoms with E-state index in [0.717, 1.165) is 11.0 Å². The zero-order valence-electron chi connectivity index (χ0n) is 13.3. The number of aromatic nitrogens is 1. The summed E-state index contributed by atoms with van der Waals surface area (Å²) in [5, 5.41) is 19.5. The number of carbonyl (C=O) groups is 1. The number of hydrogen-bond donors (Lipinski definition) is 1. The Bertz CT molecular complexity index is 641. The molecule has 0 spiro atoms. The van der Waals surface area contributed by atoms with Crippen LogP contribution in [-0.2, 0) is 11.3 Å². The molecule has 0 aromatic carbocycles. The summed E-state index contributed by atoms with van der Waals surface area (Å²) in [4.78, 5) is 24.6. The molecule has 120 valence electrons. The number of ketones is 1. The minimum absolute atomic E-state index is 0.0852. The van der Waals surface area contributed by atoms with E-state index in [0.29, 0.717) is 19.4 Å². The van der Waals surface area contributed by atoms with Gasteiger partial charge in [-0.3, -0.25) is 14.2 Å². The van der Waals surface area contributed by atoms with Crippen LogP contribution in [0, 0.1) is 18.3 Å². The summed E-state index contributed by atoms with van der Waals surface area (Å²) in [6, 6.07) is 1.85. The third-order valence-electron chi connectivity index (χ3n) is 3.57. The van der Waals surface area contributed by atoms with E-state index in [9.17, 15) is 20.0 Å². The molecule has 1 heterocycles. The first kappa shape index (κ1) is 17.9. The molecule has 0 bridgehead atoms. The quantitative estimate of drug-likeness (QED) is 0.587. The Morgan fingerprint density at radius 2 is 2.09 bits per heavy atom. The van der Waals surface area contributed by atoms with E-state index in [-0.39, 0.29) is 41.3 Å². The lowest BCUT2D eigenvalue weighted by molar-refractivity contribution is 0.0974. The van der Waals surface area contributed by atoms with Crippen molar-refractivity contribution in [3.63, 3.8) is 0 Å². The maximum Gasteiger partial charge on any atom is 0.271 e. The van der Waals surface area contributed by atoms with E-state index in [1.54, 1.807) is 0 Å². The molecule has 0 amide bonds. The van der Waals surface area contributed by atoms with Crippen LogP contribution >= 0.6 is 0 Å². The molecule has 6 heteroatoms. The number of ether oxygens (including phenoxy) is 1. The molecule has 0 fully saturated rings. The lowest BCUT2D eigenvalue weighted by atomic mass is 9.98. The summed E-state index contributed by atoms with van der Waals surface area (Å²) in [7, 11) is 1.54. The SMILES string of the molecule is CCCCC(=O)c1c(C)c(C#N)c(=O)n(CCCOC)c1O. The van der Waals surface area contributed by atoms with Gasteiger partial charge < -0.3 is 9.84 Å². The van der Waals surface area contributed by atoms with Gasteiger partial charge in [-0.1, -0.05) is 13.3 Å². The van der Waals surface area contributed by atoms with Gasteiger partial charge in [-0.2, -0.15) is 5.26 Å². The molecule has 1 aromatic heterocycles. The summed E-state index contributed by atoms with van der Waals surface area (Å²) >= 11 is 0. The third kappa shape index (κ3) is 3.74. The highest BCUT2D eigenvalue weighted by molar-refractivity contribution is 5.99. The minimum Gasteiger partial charge on any atom is -0.494 e. The number of Topliss-reactive ketones (excluding diaryl/α,β-unsaturated/α-hetero) is 1. The first-order valence-corrected chi connectivity index (χ1v) is 7.38. The molecule has 0 aliphatic heterocycles. The van der Waals surface area contributed by atoms with E-state index in [1.165, 1.54) is 14.0 Å². The maximum atomic E-state index is 12.3. The Morgan fingerprint density at radius 1 is 1.41 bits per heavy atom. The summed E-state index contributed by atoms with van der Waals surface area (Å²) in [6.45, 7) is 4.10. The zero-order chi connectivity index (χ0) is 16.7. The molecule has 0 aliphatic rings. The van der Waals surface area contributed by atoms with E-state index in [2.05, 4.69) is 0 Å². The Morgan fingerprint density at radius 3 is 2.64 bits per heavy atom. The fraction of sp³-hybridized carbons (Fsp3) is 0.562. The lowest BCUT2D eigenvalue weighted by Gasteiger charge is -2.15. The van der Waals surface area contributed by atoms with Crippen LogP contribution < -0.4 is 5.56 Å². The van der Waals surface area contributed by atoms with Gasteiger partial charge >= 0.3 is 0 Å². The number of methoxy groups -OCH3 is 1. The highest BCUT2D eigenvalue weighted by Gasteiger charge is 2.23. The molecule has 1 rings (SSSR count). The average Bonchev–Trinajstić information content (AvgIpc) is 2.49. The van der Waals surface area contributed by atoms with Crippen LogP contribution in [0.4, 0.5) is 0 Å². The highest BCUT2D eigenvalue weighted by Crippen LogP contribution is 2.24. The highest BCUT2D eigenvalue weighted by atomic mass is 16.5. The first-order valence-electron chi connectivity index (χ1n) is 7.38. The van der Waals surface area contributed by atoms with Crippen molar-refractivity contribution < 1.29 is 14.6 Å². The molecular weight excluding hydrogens is 284 g/mol. The van der Waals surface area contributed by atoms with Crippen molar-refractivity contribution in [3.05, 3.63) is 27.0 Å². The zero-order valence-corrected chi connectivity index (χ0v) is 13.3. The summed E-state index contributed by atoms with van der Waals surface area (Å²) < 4.78 is 6.01. The number of hydrogen-bond acceptors (Lipinski definition) is 5. The van der Waals surface area contributed by atoms with Gasteiger partial charge in [0.1, 0.15) is 11.6 Å². The molecule has 1 aromatic rings. The van der Waals surface area contributed by atoms with Crippen LogP contribution in [0.25, 0.3) is 0 Å². The van der Waals surface area contributed by atoms with E-state index < -0.39 is 5.56 Å². The summed E-state index contributed by atoms with van der Waals surface area (Å²) in [6.07, 6.45) is 2.33. The number of aromatic hydroxyl groups is 1. The molecule has 0 unspecified atom stereocenters. The van der Waals surface area contributed by atoms with Crippen LogP contribution in [0.2, 0.25) is 0 Å². The van der Waals surface area contributed by atoms with Gasteiger partial charge in [-0.25, -0.2) is 0 Å². The summed E-state index contributed by atoms with van der Waals surface area (Å²) in [5.74, 6) is -0.590. The molecule has 0 aliphatic carbocycles. The van der Waals surface area contributed by atoms with Crippen LogP contribution in [-0.4, -0.2) is 29.2 Å². The number of pyridine rings is 1. The first-order chi connectivity index (χ1) is 10.5. The van der Waals surface area contributed by atoms with Crippen molar-refractivity contribution >= 4 is 5.78 Å². The van der Waals surface area contributed by atoms with Crippen molar-refractivity contribution in [1.29, 1.82) is 5.26 Å². The van der Waals surface area contributed by atoms with Gasteiger partial charge in [0.25, 0.3) is 5.56 Å². The molecule has 0 radical (unpaired) electrons. The van der Waals surface area contributed by atoms with Crippen molar-refractivity contribution in [3.8, 4) is 11.9 Å². The fourth-order valence-corrected chi connectivity index (χ4v) is 2.32. The van der Waals surface area contributed by atoms with Gasteiger partial charge in [0.05, 0.1) is 5.56 Å². The molecule has 22 heavy (non-hydrogen) atoms. The van der Waals surface area contributed by atoms with E-state index in [4.69, 9.17) is 4.74 Å². The number of carbonyl (C=O) groups excluding carboxylic acids is 1. The molecule has 0 saturated carbocycles. The number of unbranched alkanes of at least 4 members (excludes halogenated alkanes) is 1. The largest absolute Gasteiger partial charge is 0.494 e. The molecule has 1 N–H and O–H groups in total. The molecule has 6 nitrogen and oxygen atoms in total. The lowest BCUT2D eigenvalue weighted by Crippen LogP contribution is -2.27. The van der Waals surface area contributed by atoms with Gasteiger partial charge in [0, 0.05) is 26.7 Å². The van der Waals surface area contributed by atoms with Crippen LogP contribution in [0.1, 0.15) is 54.1 Å². The van der Waals surface area contributed by atoms with Gasteiger partial charge in [-0.15, -0.1) is 0 Å². The number of nitrogens with zero attached hydrogens (tertiary/aromatic N) is 2. The van der Waals surface area contributed by atoms with Gasteiger partial charge in [0.2, 0.25) is 5.88 Å². The van der Waals surface area contributed by atoms with Crippen molar-refractivity contribution in [2.45, 2.75) is 46.1 Å². The monoisotopic (exact) mass is 306 g/mol. The fourth-order valence-electron chi connectivity index (χ4n) is 2.32. The van der Waals surface area contributed by atoms with Gasteiger partial charge in [0.15, 0.2) is 5.78 Å². The Balaban J connectivity index is 3.37. The Labute approximate surface area is 129 Å². The molecule has 0 atom stereocenters. The van der Waals surface area contributed by atoms with Crippen LogP contribution in [0.3, 0.4) is 0 Å². The standard InChI is InChI=1S/C16H22N2O4/c1-4-5-7-13(19)14-11(2)12(10-17)15(20)18(16(14)21)8-6-9-22-3/h21H,4-9H2,1-3H3. The van der Waals surface area contributed by atoms with Crippen molar-refractivity contribution in [1.82, 2.24) is 4.57 Å². The average molecular weight is 306 g/mol. The van der Waals surface area contributed by atoms with Gasteiger partial charge in [-0.05, 0) is 25.3 Å². The third-order valence-corrected chi connectivity index (χ3v) is 3.57. The van der Waals surface area contributed by atoms with Crippen LogP contribution in [0.5, 0.6) is 5.88 Å². The molecular formula is C16H22N2O4. The predicted octanol–water partition coefficient (Wildman–Crippen LogP) is 2.14. The number of rotatable bonds is 8. The maximum absolute atomic E-state index is 12.3. The Kier molecular flexibility index (Phi) is 6.80. The van der Waals surface area contributed by atoms with E-state index in [1.807, 2.05) is 13.0 Å². The second-order valence-corrected chi connectivity index (χ2v) is 5.14. The second kappa shape index (κ2) is 8.35. The van der Waals surface area contributed by atoms with E-state index >= 15 is 0 Å². The van der Waals surface area contributed by atoms with Crippen molar-refractivity contribution in [2.24, 2.45) is 0 Å². The smallest absolute Gasteiger partial charge is 0.271 e. The van der Waals surface area contributed by atoms with Crippen LogP contribution in [0.15, 0.2) is 4.79 Å². The second-order valence-electron chi connectivity index (χ2n) is 5.14. The Hall–Kier alpha value is -2.13. The van der Waals surface area contributed by atoms with Crippen molar-refractivity contribution in [2.75, 3.05) is 13.7 Å². The topological polar surface area (TPSA) is 92.3 Å². The summed E-state index contributed by atoms with van der Waals surface area (Å²) in [5.41, 5.74) is -0.313. The minimum atomic E-state index is -0.569. The predicted molar refractivity (Wildman–Crippen MR) is 82.2 cm³/mol.